The van der Waals surface area contributed by atoms with E-state index in [1.165, 1.54) is 0 Å². The van der Waals surface area contributed by atoms with Crippen LogP contribution in [0.15, 0.2) is 0 Å². The summed E-state index contributed by atoms with van der Waals surface area (Å²) in [5.41, 5.74) is 0. The molecule has 0 aromatic carbocycles. The number of halogens is 1. The molecule has 0 radical (unpaired) electrons. The van der Waals surface area contributed by atoms with E-state index in [9.17, 15) is 14.5 Å². The number of hydrogen-bond donors (Lipinski definition) is 0. The Morgan fingerprint density at radius 3 is 2.64 bits per heavy atom. The van der Waals surface area contributed by atoms with Crippen LogP contribution in [0.4, 0.5) is 4.39 Å². The van der Waals surface area contributed by atoms with Crippen LogP contribution < -0.4 is 0 Å². The van der Waals surface area contributed by atoms with Gasteiger partial charge in [0.1, 0.15) is 12.3 Å². The third kappa shape index (κ3) is 2.32. The summed E-state index contributed by atoms with van der Waals surface area (Å²) in [5.74, 6) is 0. The van der Waals surface area contributed by atoms with Crippen LogP contribution in [0.1, 0.15) is 25.7 Å². The van der Waals surface area contributed by atoms with E-state index in [-0.39, 0.29) is 0 Å². The third-order valence-corrected chi connectivity index (χ3v) is 1.84. The summed E-state index contributed by atoms with van der Waals surface area (Å²) in [4.78, 5) is 14.0. The fourth-order valence-corrected chi connectivity index (χ4v) is 1.28. The predicted molar refractivity (Wildman–Crippen MR) is 35.2 cm³/mol. The van der Waals surface area contributed by atoms with Crippen molar-refractivity contribution in [1.29, 1.82) is 0 Å². The average Bonchev–Trinajstić information content (AvgIpc) is 1.93. The highest BCUT2D eigenvalue weighted by molar-refractivity contribution is 4.73. The van der Waals surface area contributed by atoms with E-state index in [1.807, 2.05) is 0 Å². The molecule has 1 aliphatic carbocycles. The Labute approximate surface area is 63.4 Å². The lowest BCUT2D eigenvalue weighted by Gasteiger charge is -2.23. The Morgan fingerprint density at radius 2 is 2.09 bits per heavy atom. The second-order valence-corrected chi connectivity index (χ2v) is 2.67. The van der Waals surface area contributed by atoms with Crippen LogP contribution in [-0.4, -0.2) is 17.4 Å². The molecule has 0 saturated heterocycles. The lowest BCUT2D eigenvalue weighted by atomic mass is 9.96. The van der Waals surface area contributed by atoms with E-state index in [0.717, 1.165) is 12.8 Å². The molecule has 5 heteroatoms. The van der Waals surface area contributed by atoms with Crippen molar-refractivity contribution in [3.63, 3.8) is 0 Å². The van der Waals surface area contributed by atoms with E-state index in [2.05, 4.69) is 4.84 Å². The Bertz CT molecular complexity index is 153. The monoisotopic (exact) mass is 163 g/mol. The molecule has 0 spiro atoms. The molecule has 4 nitrogen and oxygen atoms in total. The molecule has 1 fully saturated rings. The first-order valence-electron chi connectivity index (χ1n) is 3.65. The Balaban J connectivity index is 2.35. The smallest absolute Gasteiger partial charge is 0.294 e. The van der Waals surface area contributed by atoms with Gasteiger partial charge in [0.25, 0.3) is 5.09 Å². The van der Waals surface area contributed by atoms with Gasteiger partial charge in [0.2, 0.25) is 0 Å². The number of hydrogen-bond acceptors (Lipinski definition) is 3. The fourth-order valence-electron chi connectivity index (χ4n) is 1.28. The van der Waals surface area contributed by atoms with E-state index in [0.29, 0.717) is 12.8 Å². The minimum Gasteiger partial charge on any atom is -0.308 e. The van der Waals surface area contributed by atoms with Crippen molar-refractivity contribution in [3.8, 4) is 0 Å². The third-order valence-electron chi connectivity index (χ3n) is 1.84. The average molecular weight is 163 g/mol. The van der Waals surface area contributed by atoms with Gasteiger partial charge in [-0.15, -0.1) is 10.1 Å². The normalized spacial score (nSPS) is 31.4. The molecule has 0 heterocycles. The van der Waals surface area contributed by atoms with Crippen molar-refractivity contribution in [3.05, 3.63) is 10.1 Å². The van der Waals surface area contributed by atoms with Crippen molar-refractivity contribution in [2.75, 3.05) is 0 Å². The van der Waals surface area contributed by atoms with Gasteiger partial charge >= 0.3 is 0 Å². The van der Waals surface area contributed by atoms with Crippen LogP contribution in [0, 0.1) is 10.1 Å². The first-order chi connectivity index (χ1) is 5.20. The molecule has 1 aliphatic rings. The summed E-state index contributed by atoms with van der Waals surface area (Å²) in [6, 6.07) is 0. The molecular weight excluding hydrogens is 153 g/mol. The van der Waals surface area contributed by atoms with Gasteiger partial charge in [-0.3, -0.25) is 0 Å². The van der Waals surface area contributed by atoms with Crippen LogP contribution >= 0.6 is 0 Å². The van der Waals surface area contributed by atoms with Crippen LogP contribution in [-0.2, 0) is 4.84 Å². The van der Waals surface area contributed by atoms with E-state index in [4.69, 9.17) is 0 Å². The van der Waals surface area contributed by atoms with Crippen LogP contribution in [0.25, 0.3) is 0 Å². The quantitative estimate of drug-likeness (QED) is 0.457. The molecule has 0 unspecified atom stereocenters. The molecule has 1 saturated carbocycles. The summed E-state index contributed by atoms with van der Waals surface area (Å²) < 4.78 is 12.8. The summed E-state index contributed by atoms with van der Waals surface area (Å²) in [5, 5.41) is 8.92. The largest absolute Gasteiger partial charge is 0.308 e. The molecule has 0 N–H and O–H groups in total. The molecule has 0 aliphatic heterocycles. The van der Waals surface area contributed by atoms with Crippen LogP contribution in [0.5, 0.6) is 0 Å². The Hall–Kier alpha value is -0.870. The van der Waals surface area contributed by atoms with Gasteiger partial charge in [0, 0.05) is 0 Å². The summed E-state index contributed by atoms with van der Waals surface area (Å²) >= 11 is 0. The van der Waals surface area contributed by atoms with Crippen molar-refractivity contribution in [1.82, 2.24) is 0 Å². The lowest BCUT2D eigenvalue weighted by molar-refractivity contribution is -0.770. The second kappa shape index (κ2) is 3.50. The van der Waals surface area contributed by atoms with Gasteiger partial charge < -0.3 is 4.84 Å². The van der Waals surface area contributed by atoms with Crippen molar-refractivity contribution < 1.29 is 14.3 Å². The van der Waals surface area contributed by atoms with Gasteiger partial charge in [-0.05, 0) is 12.8 Å². The van der Waals surface area contributed by atoms with Crippen molar-refractivity contribution in [2.45, 2.75) is 38.0 Å². The van der Waals surface area contributed by atoms with E-state index < -0.39 is 17.4 Å². The second-order valence-electron chi connectivity index (χ2n) is 2.67. The van der Waals surface area contributed by atoms with Crippen molar-refractivity contribution >= 4 is 0 Å². The maximum absolute atomic E-state index is 12.8. The minimum atomic E-state index is -1.16. The first-order valence-corrected chi connectivity index (χ1v) is 3.65. The number of nitrogens with zero attached hydrogens (tertiary/aromatic N) is 1. The summed E-state index contributed by atoms with van der Waals surface area (Å²) in [6.45, 7) is 0. The SMILES string of the molecule is O=[N+]([O-])O[C@@H]1CCCC[C@@H]1F. The van der Waals surface area contributed by atoms with Gasteiger partial charge in [-0.2, -0.15) is 0 Å². The summed E-state index contributed by atoms with van der Waals surface area (Å²) in [7, 11) is 0. The molecule has 0 aromatic heterocycles. The molecule has 0 amide bonds. The maximum atomic E-state index is 12.8. The van der Waals surface area contributed by atoms with Crippen LogP contribution in [0.3, 0.4) is 0 Å². The van der Waals surface area contributed by atoms with Crippen LogP contribution in [0.2, 0.25) is 0 Å². The minimum absolute atomic E-state index is 0.387. The number of rotatable bonds is 2. The highest BCUT2D eigenvalue weighted by Gasteiger charge is 2.27. The zero-order valence-electron chi connectivity index (χ0n) is 6.03. The van der Waals surface area contributed by atoms with Gasteiger partial charge in [0.05, 0.1) is 0 Å². The van der Waals surface area contributed by atoms with Crippen molar-refractivity contribution in [2.24, 2.45) is 0 Å². The Morgan fingerprint density at radius 1 is 1.45 bits per heavy atom. The van der Waals surface area contributed by atoms with Gasteiger partial charge in [-0.1, -0.05) is 12.8 Å². The fraction of sp³-hybridized carbons (Fsp3) is 1.00. The van der Waals surface area contributed by atoms with E-state index in [1.54, 1.807) is 0 Å². The first kappa shape index (κ1) is 8.23. The zero-order valence-corrected chi connectivity index (χ0v) is 6.03. The molecule has 64 valence electrons. The standard InChI is InChI=1S/C6H10FNO3/c7-5-3-1-2-4-6(5)11-8(9)10/h5-6H,1-4H2/t5-,6+/m0/s1. The highest BCUT2D eigenvalue weighted by Crippen LogP contribution is 2.23. The van der Waals surface area contributed by atoms with E-state index >= 15 is 0 Å². The molecule has 0 bridgehead atoms. The molecule has 2 atom stereocenters. The topological polar surface area (TPSA) is 52.4 Å². The van der Waals surface area contributed by atoms with Gasteiger partial charge in [-0.25, -0.2) is 4.39 Å². The Kier molecular flexibility index (Phi) is 2.62. The molecular formula is C6H10FNO3. The summed E-state index contributed by atoms with van der Waals surface area (Å²) in [6.07, 6.45) is 0.492. The van der Waals surface area contributed by atoms with Gasteiger partial charge in [0.15, 0.2) is 0 Å². The zero-order chi connectivity index (χ0) is 8.27. The molecule has 1 rings (SSSR count). The predicted octanol–water partition coefficient (Wildman–Crippen LogP) is 1.48. The maximum Gasteiger partial charge on any atom is 0.294 e. The molecule has 11 heavy (non-hydrogen) atoms. The highest BCUT2D eigenvalue weighted by atomic mass is 19.1. The molecule has 0 aromatic rings. The lowest BCUT2D eigenvalue weighted by Crippen LogP contribution is -2.30. The number of alkyl halides is 1.